The molecule has 0 bridgehead atoms. The van der Waals surface area contributed by atoms with E-state index in [-0.39, 0.29) is 17.5 Å². The second-order valence-electron chi connectivity index (χ2n) is 5.54. The quantitative estimate of drug-likeness (QED) is 0.663. The Morgan fingerprint density at radius 2 is 1.85 bits per heavy atom. The standard InChI is InChI=1S/C19H23N3O4/c1-25-11-10-22-18(23)15-7-9-20-17(13-15)19(24)21-8-6-14-4-3-5-16(12-14)26-2/h3-5,7,9,12-13H,6,8,10-11H2,1-2H3,(H,21,24)(H,22,23). The van der Waals surface area contributed by atoms with Crippen molar-refractivity contribution in [1.29, 1.82) is 0 Å². The smallest absolute Gasteiger partial charge is 0.269 e. The highest BCUT2D eigenvalue weighted by atomic mass is 16.5. The maximum Gasteiger partial charge on any atom is 0.269 e. The van der Waals surface area contributed by atoms with Gasteiger partial charge < -0.3 is 20.1 Å². The first kappa shape index (κ1) is 19.4. The van der Waals surface area contributed by atoms with E-state index in [1.165, 1.54) is 12.3 Å². The van der Waals surface area contributed by atoms with Crippen molar-refractivity contribution in [3.05, 3.63) is 59.4 Å². The van der Waals surface area contributed by atoms with Crippen LogP contribution in [0.15, 0.2) is 42.6 Å². The lowest BCUT2D eigenvalue weighted by atomic mass is 10.1. The Labute approximate surface area is 152 Å². The van der Waals surface area contributed by atoms with Crippen molar-refractivity contribution < 1.29 is 19.1 Å². The molecule has 2 rings (SSSR count). The number of hydrogen-bond donors (Lipinski definition) is 2. The first-order valence-electron chi connectivity index (χ1n) is 8.28. The van der Waals surface area contributed by atoms with Crippen molar-refractivity contribution in [3.8, 4) is 5.75 Å². The van der Waals surface area contributed by atoms with Gasteiger partial charge in [0.2, 0.25) is 0 Å². The predicted molar refractivity (Wildman–Crippen MR) is 97.5 cm³/mol. The molecule has 1 aromatic heterocycles. The van der Waals surface area contributed by atoms with E-state index in [0.717, 1.165) is 11.3 Å². The molecule has 0 radical (unpaired) electrons. The molecule has 0 saturated heterocycles. The first-order chi connectivity index (χ1) is 12.6. The zero-order valence-corrected chi connectivity index (χ0v) is 15.0. The van der Waals surface area contributed by atoms with Crippen LogP contribution in [-0.4, -0.2) is 50.7 Å². The summed E-state index contributed by atoms with van der Waals surface area (Å²) in [6, 6.07) is 10.7. The summed E-state index contributed by atoms with van der Waals surface area (Å²) in [6.45, 7) is 1.28. The van der Waals surface area contributed by atoms with Gasteiger partial charge in [0.1, 0.15) is 11.4 Å². The normalized spacial score (nSPS) is 10.2. The molecule has 2 N–H and O–H groups in total. The minimum absolute atomic E-state index is 0.204. The molecule has 26 heavy (non-hydrogen) atoms. The van der Waals surface area contributed by atoms with Crippen LogP contribution in [0.5, 0.6) is 5.75 Å². The van der Waals surface area contributed by atoms with Gasteiger partial charge in [0.25, 0.3) is 11.8 Å². The van der Waals surface area contributed by atoms with Gasteiger partial charge in [-0.2, -0.15) is 0 Å². The van der Waals surface area contributed by atoms with Crippen LogP contribution in [0, 0.1) is 0 Å². The zero-order chi connectivity index (χ0) is 18.8. The summed E-state index contributed by atoms with van der Waals surface area (Å²) in [5.74, 6) is 0.192. The number of benzene rings is 1. The second kappa shape index (κ2) is 10.1. The molecule has 0 saturated carbocycles. The third-order valence-corrected chi connectivity index (χ3v) is 3.68. The molecule has 7 heteroatoms. The van der Waals surface area contributed by atoms with Gasteiger partial charge >= 0.3 is 0 Å². The SMILES string of the molecule is COCCNC(=O)c1ccnc(C(=O)NCCc2cccc(OC)c2)c1. The molecule has 0 aliphatic carbocycles. The number of amides is 2. The third-order valence-electron chi connectivity index (χ3n) is 3.68. The van der Waals surface area contributed by atoms with E-state index < -0.39 is 0 Å². The minimum Gasteiger partial charge on any atom is -0.497 e. The molecule has 1 heterocycles. The number of nitrogens with zero attached hydrogens (tertiary/aromatic N) is 1. The van der Waals surface area contributed by atoms with Gasteiger partial charge in [-0.25, -0.2) is 0 Å². The van der Waals surface area contributed by atoms with Gasteiger partial charge in [-0.3, -0.25) is 14.6 Å². The fourth-order valence-electron chi connectivity index (χ4n) is 2.30. The van der Waals surface area contributed by atoms with Gasteiger partial charge in [0.05, 0.1) is 13.7 Å². The summed E-state index contributed by atoms with van der Waals surface area (Å²) in [5.41, 5.74) is 1.65. The van der Waals surface area contributed by atoms with Crippen molar-refractivity contribution in [2.24, 2.45) is 0 Å². The monoisotopic (exact) mass is 357 g/mol. The lowest BCUT2D eigenvalue weighted by molar-refractivity contribution is 0.0937. The molecule has 0 aliphatic heterocycles. The fourth-order valence-corrected chi connectivity index (χ4v) is 2.30. The van der Waals surface area contributed by atoms with Crippen LogP contribution in [-0.2, 0) is 11.2 Å². The topological polar surface area (TPSA) is 89.5 Å². The van der Waals surface area contributed by atoms with Gasteiger partial charge in [-0.1, -0.05) is 12.1 Å². The molecule has 0 fully saturated rings. The highest BCUT2D eigenvalue weighted by Crippen LogP contribution is 2.12. The number of aromatic nitrogens is 1. The van der Waals surface area contributed by atoms with Crippen LogP contribution >= 0.6 is 0 Å². The van der Waals surface area contributed by atoms with Crippen LogP contribution in [0.1, 0.15) is 26.4 Å². The number of methoxy groups -OCH3 is 2. The molecular weight excluding hydrogens is 334 g/mol. The maximum atomic E-state index is 12.2. The Morgan fingerprint density at radius 3 is 2.62 bits per heavy atom. The van der Waals surface area contributed by atoms with Crippen LogP contribution in [0.4, 0.5) is 0 Å². The van der Waals surface area contributed by atoms with Crippen LogP contribution in [0.3, 0.4) is 0 Å². The second-order valence-corrected chi connectivity index (χ2v) is 5.54. The number of ether oxygens (including phenoxy) is 2. The summed E-state index contributed by atoms with van der Waals surface area (Å²) in [6.07, 6.45) is 2.11. The summed E-state index contributed by atoms with van der Waals surface area (Å²) < 4.78 is 10.1. The number of carbonyl (C=O) groups is 2. The van der Waals surface area contributed by atoms with E-state index in [1.54, 1.807) is 20.3 Å². The molecule has 0 spiro atoms. The lowest BCUT2D eigenvalue weighted by Gasteiger charge is -2.08. The van der Waals surface area contributed by atoms with Crippen molar-refractivity contribution in [2.75, 3.05) is 33.9 Å². The molecular formula is C19H23N3O4. The number of hydrogen-bond acceptors (Lipinski definition) is 5. The van der Waals surface area contributed by atoms with Crippen molar-refractivity contribution in [3.63, 3.8) is 0 Å². The maximum absolute atomic E-state index is 12.2. The molecule has 2 aromatic rings. The number of carbonyl (C=O) groups excluding carboxylic acids is 2. The van der Waals surface area contributed by atoms with E-state index >= 15 is 0 Å². The van der Waals surface area contributed by atoms with Gasteiger partial charge in [-0.05, 0) is 36.2 Å². The number of pyridine rings is 1. The minimum atomic E-state index is -0.320. The van der Waals surface area contributed by atoms with E-state index in [0.29, 0.717) is 31.7 Å². The molecule has 138 valence electrons. The average Bonchev–Trinajstić information content (AvgIpc) is 2.68. The Morgan fingerprint density at radius 1 is 1.04 bits per heavy atom. The largest absolute Gasteiger partial charge is 0.497 e. The molecule has 1 aromatic carbocycles. The van der Waals surface area contributed by atoms with Crippen LogP contribution < -0.4 is 15.4 Å². The number of nitrogens with one attached hydrogen (secondary N) is 2. The Bertz CT molecular complexity index is 749. The molecule has 2 amide bonds. The van der Waals surface area contributed by atoms with Gasteiger partial charge in [-0.15, -0.1) is 0 Å². The summed E-state index contributed by atoms with van der Waals surface area (Å²) in [4.78, 5) is 28.3. The Balaban J connectivity index is 1.88. The van der Waals surface area contributed by atoms with Crippen molar-refractivity contribution >= 4 is 11.8 Å². The van der Waals surface area contributed by atoms with E-state index in [9.17, 15) is 9.59 Å². The first-order valence-corrected chi connectivity index (χ1v) is 8.28. The summed E-state index contributed by atoms with van der Waals surface area (Å²) in [5, 5.41) is 5.52. The van der Waals surface area contributed by atoms with E-state index in [1.807, 2.05) is 24.3 Å². The Kier molecular flexibility index (Phi) is 7.57. The van der Waals surface area contributed by atoms with Gasteiger partial charge in [0, 0.05) is 32.0 Å². The van der Waals surface area contributed by atoms with E-state index in [2.05, 4.69) is 15.6 Å². The molecule has 0 aliphatic rings. The van der Waals surface area contributed by atoms with Gasteiger partial charge in [0.15, 0.2) is 0 Å². The Hall–Kier alpha value is -2.93. The molecule has 0 atom stereocenters. The van der Waals surface area contributed by atoms with Crippen molar-refractivity contribution in [1.82, 2.24) is 15.6 Å². The predicted octanol–water partition coefficient (Wildman–Crippen LogP) is 1.44. The van der Waals surface area contributed by atoms with Crippen LogP contribution in [0.2, 0.25) is 0 Å². The summed E-state index contributed by atoms with van der Waals surface area (Å²) >= 11 is 0. The fraction of sp³-hybridized carbons (Fsp3) is 0.316. The highest BCUT2D eigenvalue weighted by molar-refractivity contribution is 5.98. The van der Waals surface area contributed by atoms with E-state index in [4.69, 9.17) is 9.47 Å². The van der Waals surface area contributed by atoms with Crippen molar-refractivity contribution in [2.45, 2.75) is 6.42 Å². The average molecular weight is 357 g/mol. The molecule has 0 unspecified atom stereocenters. The summed E-state index contributed by atoms with van der Waals surface area (Å²) in [7, 11) is 3.18. The van der Waals surface area contributed by atoms with Crippen LogP contribution in [0.25, 0.3) is 0 Å². The number of rotatable bonds is 9. The third kappa shape index (κ3) is 5.86. The highest BCUT2D eigenvalue weighted by Gasteiger charge is 2.11. The lowest BCUT2D eigenvalue weighted by Crippen LogP contribution is -2.29. The molecule has 7 nitrogen and oxygen atoms in total. The zero-order valence-electron chi connectivity index (χ0n) is 15.0.